The molecule has 0 atom stereocenters. The summed E-state index contributed by atoms with van der Waals surface area (Å²) < 4.78 is 1.90. The van der Waals surface area contributed by atoms with Crippen LogP contribution in [-0.4, -0.2) is 21.5 Å². The second kappa shape index (κ2) is 7.70. The van der Waals surface area contributed by atoms with E-state index < -0.39 is 0 Å². The Morgan fingerprint density at radius 3 is 2.64 bits per heavy atom. The molecule has 0 unspecified atom stereocenters. The number of thioether (sulfide) groups is 1. The van der Waals surface area contributed by atoms with Crippen LogP contribution in [0.3, 0.4) is 0 Å². The molecule has 2 heterocycles. The van der Waals surface area contributed by atoms with Gasteiger partial charge < -0.3 is 5.32 Å². The molecule has 4 rings (SSSR count). The zero-order valence-electron chi connectivity index (χ0n) is 15.4. The number of halogens is 1. The third-order valence-corrected chi connectivity index (χ3v) is 5.60. The van der Waals surface area contributed by atoms with Crippen LogP contribution < -0.4 is 5.32 Å². The van der Waals surface area contributed by atoms with Crippen LogP contribution in [0.5, 0.6) is 0 Å². The molecule has 1 amide bonds. The second-order valence-electron chi connectivity index (χ2n) is 6.36. The van der Waals surface area contributed by atoms with Gasteiger partial charge in [-0.2, -0.15) is 0 Å². The maximum Gasteiger partial charge on any atom is 0.258 e. The highest BCUT2D eigenvalue weighted by atomic mass is 35.5. The molecular formula is C22H18ClN3OS. The number of fused-ring (bicyclic) bond motifs is 1. The van der Waals surface area contributed by atoms with Crippen LogP contribution in [0, 0.1) is 6.92 Å². The van der Waals surface area contributed by atoms with E-state index in [1.165, 1.54) is 0 Å². The molecule has 6 heteroatoms. The molecular weight excluding hydrogens is 390 g/mol. The molecule has 0 aliphatic rings. The van der Waals surface area contributed by atoms with Crippen molar-refractivity contribution >= 4 is 40.7 Å². The summed E-state index contributed by atoms with van der Waals surface area (Å²) in [5.41, 5.74) is 3.93. The van der Waals surface area contributed by atoms with E-state index in [2.05, 4.69) is 5.32 Å². The fourth-order valence-corrected chi connectivity index (χ4v) is 3.74. The van der Waals surface area contributed by atoms with Crippen LogP contribution in [0.25, 0.3) is 16.9 Å². The fraction of sp³-hybridized carbons (Fsp3) is 0.0909. The van der Waals surface area contributed by atoms with Gasteiger partial charge in [0.25, 0.3) is 5.91 Å². The summed E-state index contributed by atoms with van der Waals surface area (Å²) in [6, 6.07) is 19.2. The molecule has 0 aliphatic carbocycles. The van der Waals surface area contributed by atoms with Crippen molar-refractivity contribution in [2.24, 2.45) is 0 Å². The van der Waals surface area contributed by atoms with E-state index >= 15 is 0 Å². The van der Waals surface area contributed by atoms with E-state index in [1.54, 1.807) is 23.9 Å². The van der Waals surface area contributed by atoms with Crippen LogP contribution >= 0.6 is 23.4 Å². The summed E-state index contributed by atoms with van der Waals surface area (Å²) in [7, 11) is 0. The van der Waals surface area contributed by atoms with Crippen molar-refractivity contribution in [3.8, 4) is 11.3 Å². The summed E-state index contributed by atoms with van der Waals surface area (Å²) in [5.74, 6) is 0.363. The molecule has 0 saturated carbocycles. The molecule has 140 valence electrons. The van der Waals surface area contributed by atoms with Gasteiger partial charge in [0.05, 0.1) is 10.6 Å². The van der Waals surface area contributed by atoms with Crippen LogP contribution in [0.4, 0.5) is 5.82 Å². The van der Waals surface area contributed by atoms with E-state index in [0.717, 1.165) is 27.4 Å². The highest BCUT2D eigenvalue weighted by molar-refractivity contribution is 7.98. The number of carbonyl (C=O) groups excluding carboxylic acids is 1. The summed E-state index contributed by atoms with van der Waals surface area (Å²) in [6.45, 7) is 2.00. The number of hydrogen-bond acceptors (Lipinski definition) is 3. The number of nitrogens with zero attached hydrogens (tertiary/aromatic N) is 2. The number of rotatable bonds is 4. The highest BCUT2D eigenvalue weighted by Gasteiger charge is 2.19. The standard InChI is InChI=1S/C22H18ClN3OS/c1-14-7-6-12-26-20(14)24-19(15-8-4-3-5-9-15)21(26)25-22(27)17-13-16(28-2)10-11-18(17)23/h3-13H,1-2H3,(H,25,27). The minimum absolute atomic E-state index is 0.263. The summed E-state index contributed by atoms with van der Waals surface area (Å²) in [4.78, 5) is 18.8. The Kier molecular flexibility index (Phi) is 5.11. The summed E-state index contributed by atoms with van der Waals surface area (Å²) >= 11 is 7.86. The topological polar surface area (TPSA) is 46.4 Å². The number of aryl methyl sites for hydroxylation is 1. The zero-order chi connectivity index (χ0) is 19.7. The second-order valence-corrected chi connectivity index (χ2v) is 7.65. The maximum atomic E-state index is 13.1. The van der Waals surface area contributed by atoms with Gasteiger partial charge in [-0.05, 0) is 43.0 Å². The van der Waals surface area contributed by atoms with Gasteiger partial charge in [0, 0.05) is 16.7 Å². The van der Waals surface area contributed by atoms with Gasteiger partial charge in [0.2, 0.25) is 0 Å². The number of amides is 1. The number of benzene rings is 2. The molecule has 4 nitrogen and oxygen atoms in total. The zero-order valence-corrected chi connectivity index (χ0v) is 17.0. The largest absolute Gasteiger partial charge is 0.306 e. The Morgan fingerprint density at radius 2 is 1.89 bits per heavy atom. The molecule has 0 aliphatic heterocycles. The SMILES string of the molecule is CSc1ccc(Cl)c(C(=O)Nc2c(-c3ccccc3)nc3c(C)cccn23)c1. The number of pyridine rings is 1. The molecule has 0 radical (unpaired) electrons. The minimum Gasteiger partial charge on any atom is -0.306 e. The molecule has 1 N–H and O–H groups in total. The van der Waals surface area contributed by atoms with Gasteiger partial charge in [0.1, 0.15) is 17.2 Å². The Morgan fingerprint density at radius 1 is 1.11 bits per heavy atom. The lowest BCUT2D eigenvalue weighted by atomic mass is 10.1. The van der Waals surface area contributed by atoms with E-state index in [-0.39, 0.29) is 5.91 Å². The third kappa shape index (κ3) is 3.39. The monoisotopic (exact) mass is 407 g/mol. The first-order valence-corrected chi connectivity index (χ1v) is 10.4. The van der Waals surface area contributed by atoms with Crippen molar-refractivity contribution in [2.75, 3.05) is 11.6 Å². The molecule has 28 heavy (non-hydrogen) atoms. The minimum atomic E-state index is -0.263. The molecule has 0 spiro atoms. The molecule has 2 aromatic heterocycles. The van der Waals surface area contributed by atoms with Crippen LogP contribution in [0.15, 0.2) is 71.8 Å². The lowest BCUT2D eigenvalue weighted by molar-refractivity contribution is 0.102. The first-order valence-electron chi connectivity index (χ1n) is 8.76. The number of nitrogens with one attached hydrogen (secondary N) is 1. The van der Waals surface area contributed by atoms with E-state index in [4.69, 9.17) is 16.6 Å². The fourth-order valence-electron chi connectivity index (χ4n) is 3.10. The maximum absolute atomic E-state index is 13.1. The summed E-state index contributed by atoms with van der Waals surface area (Å²) in [5, 5.41) is 3.45. The average molecular weight is 408 g/mol. The number of anilines is 1. The van der Waals surface area contributed by atoms with Crippen LogP contribution in [0.1, 0.15) is 15.9 Å². The molecule has 0 saturated heterocycles. The Bertz CT molecular complexity index is 1170. The van der Waals surface area contributed by atoms with Crippen molar-refractivity contribution in [3.05, 3.63) is 83.0 Å². The predicted molar refractivity (Wildman–Crippen MR) is 117 cm³/mol. The number of carbonyl (C=O) groups is 1. The quantitative estimate of drug-likeness (QED) is 0.426. The van der Waals surface area contributed by atoms with E-state index in [1.807, 2.05) is 72.3 Å². The smallest absolute Gasteiger partial charge is 0.258 e. The van der Waals surface area contributed by atoms with Crippen molar-refractivity contribution in [1.82, 2.24) is 9.38 Å². The number of aromatic nitrogens is 2. The van der Waals surface area contributed by atoms with Crippen molar-refractivity contribution < 1.29 is 4.79 Å². The average Bonchev–Trinajstić information content (AvgIpc) is 3.09. The Hall–Kier alpha value is -2.76. The van der Waals surface area contributed by atoms with Crippen molar-refractivity contribution in [3.63, 3.8) is 0 Å². The van der Waals surface area contributed by atoms with Crippen molar-refractivity contribution in [2.45, 2.75) is 11.8 Å². The molecule has 4 aromatic rings. The highest BCUT2D eigenvalue weighted by Crippen LogP contribution is 2.31. The van der Waals surface area contributed by atoms with E-state index in [0.29, 0.717) is 16.4 Å². The van der Waals surface area contributed by atoms with Gasteiger partial charge >= 0.3 is 0 Å². The van der Waals surface area contributed by atoms with Gasteiger partial charge in [-0.15, -0.1) is 11.8 Å². The van der Waals surface area contributed by atoms with Crippen LogP contribution in [0.2, 0.25) is 5.02 Å². The van der Waals surface area contributed by atoms with Crippen molar-refractivity contribution in [1.29, 1.82) is 0 Å². The van der Waals surface area contributed by atoms with Gasteiger partial charge in [0.15, 0.2) is 0 Å². The Labute approximate surface area is 172 Å². The number of imidazole rings is 1. The number of hydrogen-bond donors (Lipinski definition) is 1. The normalized spacial score (nSPS) is 11.0. The first kappa shape index (κ1) is 18.6. The lowest BCUT2D eigenvalue weighted by Crippen LogP contribution is -2.14. The Balaban J connectivity index is 1.84. The lowest BCUT2D eigenvalue weighted by Gasteiger charge is -2.10. The predicted octanol–water partition coefficient (Wildman–Crippen LogP) is 5.94. The van der Waals surface area contributed by atoms with Gasteiger partial charge in [-0.3, -0.25) is 9.20 Å². The van der Waals surface area contributed by atoms with Gasteiger partial charge in [-0.1, -0.05) is 48.0 Å². The van der Waals surface area contributed by atoms with Gasteiger partial charge in [-0.25, -0.2) is 4.98 Å². The molecule has 0 fully saturated rings. The van der Waals surface area contributed by atoms with Crippen LogP contribution in [-0.2, 0) is 0 Å². The summed E-state index contributed by atoms with van der Waals surface area (Å²) in [6.07, 6.45) is 3.86. The molecule has 2 aromatic carbocycles. The third-order valence-electron chi connectivity index (χ3n) is 4.54. The molecule has 0 bridgehead atoms. The first-order chi connectivity index (χ1) is 13.6. The van der Waals surface area contributed by atoms with E-state index in [9.17, 15) is 4.79 Å².